The zero-order chi connectivity index (χ0) is 21.6. The van der Waals surface area contributed by atoms with E-state index in [1.54, 1.807) is 24.1 Å². The van der Waals surface area contributed by atoms with E-state index in [0.717, 1.165) is 16.8 Å². The number of fused-ring (bicyclic) bond motifs is 4. The van der Waals surface area contributed by atoms with Crippen LogP contribution in [0.25, 0.3) is 6.08 Å². The number of benzene rings is 2. The Morgan fingerprint density at radius 3 is 2.60 bits per heavy atom. The Balaban J connectivity index is 1.65. The van der Waals surface area contributed by atoms with E-state index in [2.05, 4.69) is 0 Å². The van der Waals surface area contributed by atoms with Crippen LogP contribution in [0.3, 0.4) is 0 Å². The van der Waals surface area contributed by atoms with Gasteiger partial charge >= 0.3 is 0 Å². The average molecular weight is 425 g/mol. The molecular formula is C24H25ClN2O3. The highest BCUT2D eigenvalue weighted by atomic mass is 35.5. The van der Waals surface area contributed by atoms with Crippen LogP contribution in [0.1, 0.15) is 30.4 Å². The van der Waals surface area contributed by atoms with Crippen molar-refractivity contribution in [1.82, 2.24) is 4.90 Å². The van der Waals surface area contributed by atoms with Crippen molar-refractivity contribution in [2.45, 2.75) is 25.0 Å². The number of ether oxygens (including phenoxy) is 1. The third kappa shape index (κ3) is 3.47. The number of hydrogen-bond acceptors (Lipinski definition) is 4. The standard InChI is InChI=1S/C24H25ClN2O3/c1-24-14-19(18-13-16(25)8-12-21(18)30-24)22(23(29)27(24)4)20(28)11-7-15-5-9-17(10-6-15)26(2)3/h5-13,19,22H,14H2,1-4H3. The normalized spacial score (nSPS) is 25.1. The number of hydrogen-bond donors (Lipinski definition) is 0. The summed E-state index contributed by atoms with van der Waals surface area (Å²) in [5, 5.41) is 0.565. The Labute approximate surface area is 181 Å². The molecule has 2 aliphatic heterocycles. The second kappa shape index (κ2) is 7.47. The molecule has 1 fully saturated rings. The molecule has 5 nitrogen and oxygen atoms in total. The maximum absolute atomic E-state index is 13.2. The molecule has 156 valence electrons. The Hall–Kier alpha value is -2.79. The lowest BCUT2D eigenvalue weighted by Gasteiger charge is -2.51. The molecule has 0 spiro atoms. The first-order valence-corrected chi connectivity index (χ1v) is 10.3. The summed E-state index contributed by atoms with van der Waals surface area (Å²) in [5.74, 6) is -0.810. The van der Waals surface area contributed by atoms with Crippen molar-refractivity contribution in [3.05, 3.63) is 64.7 Å². The molecule has 6 heteroatoms. The quantitative estimate of drug-likeness (QED) is 0.540. The lowest BCUT2D eigenvalue weighted by Crippen LogP contribution is -2.62. The van der Waals surface area contributed by atoms with E-state index in [-0.39, 0.29) is 17.6 Å². The highest BCUT2D eigenvalue weighted by Gasteiger charge is 2.54. The largest absolute Gasteiger partial charge is 0.468 e. The summed E-state index contributed by atoms with van der Waals surface area (Å²) in [6, 6.07) is 13.3. The van der Waals surface area contributed by atoms with Crippen molar-refractivity contribution in [3.8, 4) is 5.75 Å². The summed E-state index contributed by atoms with van der Waals surface area (Å²) in [6.45, 7) is 1.89. The van der Waals surface area contributed by atoms with Crippen LogP contribution < -0.4 is 9.64 Å². The molecule has 0 aliphatic carbocycles. The number of amides is 1. The summed E-state index contributed by atoms with van der Waals surface area (Å²) in [7, 11) is 5.65. The maximum atomic E-state index is 13.2. The molecule has 2 heterocycles. The van der Waals surface area contributed by atoms with E-state index in [1.807, 2.05) is 62.3 Å². The van der Waals surface area contributed by atoms with Gasteiger partial charge in [-0.2, -0.15) is 0 Å². The van der Waals surface area contributed by atoms with Crippen molar-refractivity contribution in [1.29, 1.82) is 0 Å². The fourth-order valence-electron chi connectivity index (χ4n) is 4.30. The molecule has 1 saturated heterocycles. The van der Waals surface area contributed by atoms with Gasteiger partial charge in [0.2, 0.25) is 5.91 Å². The van der Waals surface area contributed by atoms with Crippen LogP contribution in [0.15, 0.2) is 48.5 Å². The number of piperidine rings is 1. The Kier molecular flexibility index (Phi) is 5.10. The van der Waals surface area contributed by atoms with Gasteiger partial charge in [0.05, 0.1) is 0 Å². The summed E-state index contributed by atoms with van der Waals surface area (Å²) in [4.78, 5) is 29.9. The topological polar surface area (TPSA) is 49.9 Å². The zero-order valence-corrected chi connectivity index (χ0v) is 18.3. The molecular weight excluding hydrogens is 400 g/mol. The number of carbonyl (C=O) groups is 2. The lowest BCUT2D eigenvalue weighted by molar-refractivity contribution is -0.170. The van der Waals surface area contributed by atoms with Gasteiger partial charge in [0, 0.05) is 49.8 Å². The van der Waals surface area contributed by atoms with E-state index in [4.69, 9.17) is 16.3 Å². The Morgan fingerprint density at radius 1 is 1.23 bits per heavy atom. The molecule has 0 saturated carbocycles. The van der Waals surface area contributed by atoms with Crippen molar-refractivity contribution in [2.24, 2.45) is 5.92 Å². The summed E-state index contributed by atoms with van der Waals surface area (Å²) >= 11 is 6.20. The van der Waals surface area contributed by atoms with Crippen LogP contribution >= 0.6 is 11.6 Å². The molecule has 3 atom stereocenters. The summed E-state index contributed by atoms with van der Waals surface area (Å²) < 4.78 is 6.13. The highest BCUT2D eigenvalue weighted by molar-refractivity contribution is 6.30. The third-order valence-corrected chi connectivity index (χ3v) is 6.40. The van der Waals surface area contributed by atoms with Crippen molar-refractivity contribution in [2.75, 3.05) is 26.0 Å². The smallest absolute Gasteiger partial charge is 0.236 e. The number of carbonyl (C=O) groups excluding carboxylic acids is 2. The van der Waals surface area contributed by atoms with Gasteiger partial charge in [-0.05, 0) is 48.9 Å². The zero-order valence-electron chi connectivity index (χ0n) is 17.6. The molecule has 2 bridgehead atoms. The van der Waals surface area contributed by atoms with E-state index in [9.17, 15) is 9.59 Å². The van der Waals surface area contributed by atoms with Gasteiger partial charge in [-0.3, -0.25) is 9.59 Å². The van der Waals surface area contributed by atoms with Crippen LogP contribution in [0.5, 0.6) is 5.75 Å². The summed E-state index contributed by atoms with van der Waals surface area (Å²) in [6.07, 6.45) is 3.83. The molecule has 1 amide bonds. The van der Waals surface area contributed by atoms with Crippen molar-refractivity contribution < 1.29 is 14.3 Å². The lowest BCUT2D eigenvalue weighted by atomic mass is 9.72. The van der Waals surface area contributed by atoms with Crippen LogP contribution in [0.4, 0.5) is 5.69 Å². The minimum atomic E-state index is -0.790. The molecule has 0 N–H and O–H groups in total. The first-order valence-electron chi connectivity index (χ1n) is 9.95. The van der Waals surface area contributed by atoms with Crippen LogP contribution in [-0.4, -0.2) is 43.5 Å². The second-order valence-corrected chi connectivity index (χ2v) is 8.80. The number of ketones is 1. The van der Waals surface area contributed by atoms with E-state index in [0.29, 0.717) is 17.2 Å². The maximum Gasteiger partial charge on any atom is 0.236 e. The Bertz CT molecular complexity index is 1030. The number of anilines is 1. The average Bonchev–Trinajstić information content (AvgIpc) is 2.71. The Morgan fingerprint density at radius 2 is 1.93 bits per heavy atom. The number of likely N-dealkylation sites (tertiary alicyclic amines) is 1. The summed E-state index contributed by atoms with van der Waals surface area (Å²) in [5.41, 5.74) is 2.04. The predicted octanol–water partition coefficient (Wildman–Crippen LogP) is 4.36. The molecule has 3 unspecified atom stereocenters. The van der Waals surface area contributed by atoms with Crippen molar-refractivity contribution >= 4 is 35.1 Å². The van der Waals surface area contributed by atoms with Crippen LogP contribution in [-0.2, 0) is 9.59 Å². The van der Waals surface area contributed by atoms with Gasteiger partial charge in [0.15, 0.2) is 11.5 Å². The second-order valence-electron chi connectivity index (χ2n) is 8.37. The highest BCUT2D eigenvalue weighted by Crippen LogP contribution is 2.50. The number of halogens is 1. The minimum Gasteiger partial charge on any atom is -0.468 e. The van der Waals surface area contributed by atoms with Gasteiger partial charge in [-0.25, -0.2) is 0 Å². The first-order chi connectivity index (χ1) is 14.2. The fourth-order valence-corrected chi connectivity index (χ4v) is 4.48. The molecule has 0 radical (unpaired) electrons. The van der Waals surface area contributed by atoms with E-state index >= 15 is 0 Å². The fraction of sp³-hybridized carbons (Fsp3) is 0.333. The first kappa shape index (κ1) is 20.5. The van der Waals surface area contributed by atoms with E-state index in [1.165, 1.54) is 6.08 Å². The number of allylic oxidation sites excluding steroid dienone is 1. The van der Waals surface area contributed by atoms with Gasteiger partial charge in [-0.1, -0.05) is 29.8 Å². The third-order valence-electron chi connectivity index (χ3n) is 6.16. The number of nitrogens with zero attached hydrogens (tertiary/aromatic N) is 2. The van der Waals surface area contributed by atoms with Gasteiger partial charge < -0.3 is 14.5 Å². The molecule has 2 aromatic rings. The minimum absolute atomic E-state index is 0.205. The SMILES string of the molecule is CN(C)c1ccc(C=CC(=O)C2C(=O)N(C)C3(C)CC2c2cc(Cl)ccc2O3)cc1. The number of rotatable bonds is 4. The molecule has 4 rings (SSSR count). The van der Waals surface area contributed by atoms with Gasteiger partial charge in [0.1, 0.15) is 11.7 Å². The molecule has 2 aromatic carbocycles. The van der Waals surface area contributed by atoms with Gasteiger partial charge in [0.25, 0.3) is 0 Å². The van der Waals surface area contributed by atoms with E-state index < -0.39 is 11.6 Å². The predicted molar refractivity (Wildman–Crippen MR) is 119 cm³/mol. The molecule has 30 heavy (non-hydrogen) atoms. The van der Waals surface area contributed by atoms with Crippen LogP contribution in [0, 0.1) is 5.92 Å². The van der Waals surface area contributed by atoms with Gasteiger partial charge in [-0.15, -0.1) is 0 Å². The monoisotopic (exact) mass is 424 g/mol. The molecule has 0 aromatic heterocycles. The van der Waals surface area contributed by atoms with Crippen molar-refractivity contribution in [3.63, 3.8) is 0 Å². The molecule has 2 aliphatic rings. The van der Waals surface area contributed by atoms with Crippen LogP contribution in [0.2, 0.25) is 5.02 Å².